The van der Waals surface area contributed by atoms with E-state index >= 15 is 0 Å². The molecule has 0 saturated carbocycles. The number of likely N-dealkylation sites (N-methyl/N-ethyl adjacent to an activating group) is 1. The molecule has 3 rings (SSSR count). The minimum absolute atomic E-state index is 0.0516. The number of nitrogen functional groups attached to an aromatic ring is 1. The number of aryl methyl sites for hydroxylation is 2. The molecular weight excluding hydrogens is 404 g/mol. The number of pyridine rings is 1. The summed E-state index contributed by atoms with van der Waals surface area (Å²) in [4.78, 5) is 36.6. The predicted octanol–water partition coefficient (Wildman–Crippen LogP) is 3.05. The van der Waals surface area contributed by atoms with E-state index in [9.17, 15) is 9.59 Å². The van der Waals surface area contributed by atoms with Gasteiger partial charge in [-0.05, 0) is 51.0 Å². The van der Waals surface area contributed by atoms with E-state index in [0.717, 1.165) is 17.7 Å². The van der Waals surface area contributed by atoms with Gasteiger partial charge in [-0.3, -0.25) is 14.2 Å². The number of amides is 1. The highest BCUT2D eigenvalue weighted by atomic mass is 16.1. The fourth-order valence-electron chi connectivity index (χ4n) is 3.58. The first kappa shape index (κ1) is 23.0. The highest BCUT2D eigenvalue weighted by molar-refractivity contribution is 5.79. The minimum atomic E-state index is -0.299. The molecule has 0 aliphatic carbocycles. The van der Waals surface area contributed by atoms with Crippen molar-refractivity contribution in [1.29, 1.82) is 0 Å². The van der Waals surface area contributed by atoms with Gasteiger partial charge in [-0.1, -0.05) is 25.1 Å². The van der Waals surface area contributed by atoms with Gasteiger partial charge in [0.05, 0.1) is 12.1 Å². The number of nitrogens with zero attached hydrogens (tertiary/aromatic N) is 4. The molecule has 8 heteroatoms. The number of carbonyl (C=O) groups is 1. The van der Waals surface area contributed by atoms with Gasteiger partial charge in [0.25, 0.3) is 5.56 Å². The average Bonchev–Trinajstić information content (AvgIpc) is 2.79. The molecule has 1 atom stereocenters. The van der Waals surface area contributed by atoms with E-state index in [-0.39, 0.29) is 23.9 Å². The Bertz CT molecular complexity index is 1170. The van der Waals surface area contributed by atoms with Crippen LogP contribution in [0.1, 0.15) is 37.2 Å². The largest absolute Gasteiger partial charge is 0.396 e. The van der Waals surface area contributed by atoms with Crippen molar-refractivity contribution in [3.63, 3.8) is 0 Å². The Morgan fingerprint density at radius 1 is 1.25 bits per heavy atom. The second-order valence-corrected chi connectivity index (χ2v) is 7.82. The third-order valence-electron chi connectivity index (χ3n) is 5.58. The van der Waals surface area contributed by atoms with Crippen molar-refractivity contribution in [2.75, 3.05) is 17.7 Å². The number of rotatable bonds is 7. The summed E-state index contributed by atoms with van der Waals surface area (Å²) in [5.41, 5.74) is 9.21. The maximum Gasteiger partial charge on any atom is 0.299 e. The van der Waals surface area contributed by atoms with Gasteiger partial charge in [0.2, 0.25) is 11.7 Å². The molecule has 0 fully saturated rings. The van der Waals surface area contributed by atoms with Crippen LogP contribution in [0.3, 0.4) is 0 Å². The molecule has 2 heterocycles. The van der Waals surface area contributed by atoms with Crippen molar-refractivity contribution in [2.24, 2.45) is 0 Å². The second kappa shape index (κ2) is 9.64. The summed E-state index contributed by atoms with van der Waals surface area (Å²) in [5, 5.41) is 2.60. The molecule has 0 aliphatic heterocycles. The smallest absolute Gasteiger partial charge is 0.299 e. The van der Waals surface area contributed by atoms with Crippen LogP contribution in [0.4, 0.5) is 17.2 Å². The fourth-order valence-corrected chi connectivity index (χ4v) is 3.58. The Morgan fingerprint density at radius 2 is 1.94 bits per heavy atom. The SMILES string of the molecule is CCC(C)N(c1ccccc1)c1ncc(C)n(-c2nc(C)c(CC(=O)NC)cc2N)c1=O. The lowest BCUT2D eigenvalue weighted by Crippen LogP contribution is -2.36. The van der Waals surface area contributed by atoms with E-state index in [1.165, 1.54) is 4.57 Å². The third-order valence-corrected chi connectivity index (χ3v) is 5.58. The number of hydrogen-bond donors (Lipinski definition) is 2. The van der Waals surface area contributed by atoms with Crippen LogP contribution >= 0.6 is 0 Å². The number of nitrogens with two attached hydrogens (primary N) is 1. The van der Waals surface area contributed by atoms with Crippen molar-refractivity contribution in [2.45, 2.75) is 46.6 Å². The van der Waals surface area contributed by atoms with Crippen LogP contribution in [0.15, 0.2) is 47.4 Å². The Hall–Kier alpha value is -3.68. The van der Waals surface area contributed by atoms with Gasteiger partial charge in [0.15, 0.2) is 5.82 Å². The summed E-state index contributed by atoms with van der Waals surface area (Å²) in [7, 11) is 1.58. The van der Waals surface area contributed by atoms with E-state index in [4.69, 9.17) is 5.73 Å². The number of aromatic nitrogens is 3. The van der Waals surface area contributed by atoms with Crippen molar-refractivity contribution in [1.82, 2.24) is 19.9 Å². The topological polar surface area (TPSA) is 106 Å². The van der Waals surface area contributed by atoms with E-state index < -0.39 is 0 Å². The summed E-state index contributed by atoms with van der Waals surface area (Å²) in [6, 6.07) is 11.5. The molecule has 2 aromatic heterocycles. The van der Waals surface area contributed by atoms with Gasteiger partial charge in [0, 0.05) is 36.4 Å². The molecule has 0 saturated heterocycles. The zero-order valence-corrected chi connectivity index (χ0v) is 19.2. The maximum atomic E-state index is 13.7. The molecule has 3 N–H and O–H groups in total. The Morgan fingerprint density at radius 3 is 2.56 bits per heavy atom. The molecule has 1 unspecified atom stereocenters. The van der Waals surface area contributed by atoms with Gasteiger partial charge in [-0.2, -0.15) is 0 Å². The van der Waals surface area contributed by atoms with Crippen molar-refractivity contribution in [3.8, 4) is 5.82 Å². The fraction of sp³-hybridized carbons (Fsp3) is 0.333. The Kier molecular flexibility index (Phi) is 6.92. The predicted molar refractivity (Wildman–Crippen MR) is 128 cm³/mol. The lowest BCUT2D eigenvalue weighted by molar-refractivity contribution is -0.119. The Balaban J connectivity index is 2.18. The van der Waals surface area contributed by atoms with Crippen LogP contribution in [0.25, 0.3) is 5.82 Å². The highest BCUT2D eigenvalue weighted by Gasteiger charge is 2.23. The lowest BCUT2D eigenvalue weighted by atomic mass is 10.1. The lowest BCUT2D eigenvalue weighted by Gasteiger charge is -2.29. The van der Waals surface area contributed by atoms with Crippen LogP contribution in [-0.4, -0.2) is 33.5 Å². The molecule has 3 aromatic rings. The van der Waals surface area contributed by atoms with Crippen LogP contribution < -0.4 is 21.5 Å². The number of anilines is 3. The van der Waals surface area contributed by atoms with Gasteiger partial charge < -0.3 is 16.0 Å². The maximum absolute atomic E-state index is 13.7. The zero-order valence-electron chi connectivity index (χ0n) is 19.2. The third kappa shape index (κ3) is 4.49. The van der Waals surface area contributed by atoms with Gasteiger partial charge in [0.1, 0.15) is 0 Å². The number of nitrogens with one attached hydrogen (secondary N) is 1. The van der Waals surface area contributed by atoms with E-state index in [1.54, 1.807) is 33.2 Å². The first-order valence-electron chi connectivity index (χ1n) is 10.7. The molecule has 0 radical (unpaired) electrons. The second-order valence-electron chi connectivity index (χ2n) is 7.82. The average molecular weight is 435 g/mol. The molecule has 8 nitrogen and oxygen atoms in total. The van der Waals surface area contributed by atoms with Crippen molar-refractivity contribution < 1.29 is 4.79 Å². The Labute approximate surface area is 188 Å². The molecule has 0 bridgehead atoms. The summed E-state index contributed by atoms with van der Waals surface area (Å²) in [6.45, 7) is 7.73. The minimum Gasteiger partial charge on any atom is -0.396 e. The van der Waals surface area contributed by atoms with Gasteiger partial charge >= 0.3 is 0 Å². The number of benzene rings is 1. The molecule has 1 amide bonds. The molecule has 168 valence electrons. The summed E-state index contributed by atoms with van der Waals surface area (Å²) in [5.74, 6) is 0.518. The molecule has 0 aliphatic rings. The molecule has 32 heavy (non-hydrogen) atoms. The summed E-state index contributed by atoms with van der Waals surface area (Å²) in [6.07, 6.45) is 2.66. The van der Waals surface area contributed by atoms with E-state index in [2.05, 4.69) is 29.1 Å². The number of hydrogen-bond acceptors (Lipinski definition) is 6. The first-order chi connectivity index (χ1) is 15.3. The van der Waals surface area contributed by atoms with E-state index in [0.29, 0.717) is 28.7 Å². The van der Waals surface area contributed by atoms with Gasteiger partial charge in [-0.15, -0.1) is 0 Å². The number of para-hydroxylation sites is 1. The zero-order chi connectivity index (χ0) is 23.4. The van der Waals surface area contributed by atoms with Crippen molar-refractivity contribution >= 4 is 23.1 Å². The van der Waals surface area contributed by atoms with Crippen LogP contribution in [0, 0.1) is 13.8 Å². The molecular formula is C24H30N6O2. The van der Waals surface area contributed by atoms with Crippen LogP contribution in [-0.2, 0) is 11.2 Å². The molecule has 1 aromatic carbocycles. The quantitative estimate of drug-likeness (QED) is 0.592. The summed E-state index contributed by atoms with van der Waals surface area (Å²) >= 11 is 0. The highest BCUT2D eigenvalue weighted by Crippen LogP contribution is 2.26. The first-order valence-corrected chi connectivity index (χ1v) is 10.7. The van der Waals surface area contributed by atoms with Gasteiger partial charge in [-0.25, -0.2) is 9.97 Å². The standard InChI is InChI=1S/C24H30N6O2/c1-6-15(2)29(19-10-8-7-9-11-19)23-24(32)30(16(3)14-27-23)22-20(25)12-18(17(4)28-22)13-21(31)26-5/h7-12,14-15H,6,13,25H2,1-5H3,(H,26,31). The number of carbonyl (C=O) groups excluding carboxylic acids is 1. The van der Waals surface area contributed by atoms with Crippen LogP contribution in [0.5, 0.6) is 0 Å². The van der Waals surface area contributed by atoms with E-state index in [1.807, 2.05) is 35.2 Å². The summed E-state index contributed by atoms with van der Waals surface area (Å²) < 4.78 is 1.49. The van der Waals surface area contributed by atoms with Crippen molar-refractivity contribution in [3.05, 3.63) is 69.9 Å². The normalized spacial score (nSPS) is 11.8. The monoisotopic (exact) mass is 434 g/mol. The van der Waals surface area contributed by atoms with Crippen LogP contribution in [0.2, 0.25) is 0 Å². The molecule has 0 spiro atoms.